The summed E-state index contributed by atoms with van der Waals surface area (Å²) < 4.78 is 10.8. The maximum atomic E-state index is 12.4. The Kier molecular flexibility index (Phi) is 4.84. The summed E-state index contributed by atoms with van der Waals surface area (Å²) >= 11 is 0. The minimum atomic E-state index is -0.587. The van der Waals surface area contributed by atoms with E-state index in [4.69, 9.17) is 9.47 Å². The number of amides is 2. The molecule has 1 aliphatic rings. The van der Waals surface area contributed by atoms with Crippen LogP contribution in [0.3, 0.4) is 0 Å². The van der Waals surface area contributed by atoms with Gasteiger partial charge in [-0.15, -0.1) is 0 Å². The van der Waals surface area contributed by atoms with Gasteiger partial charge in [0.1, 0.15) is 11.4 Å². The zero-order chi connectivity index (χ0) is 18.7. The van der Waals surface area contributed by atoms with Gasteiger partial charge in [-0.05, 0) is 44.5 Å². The molecule has 1 N–H and O–H groups in total. The minimum absolute atomic E-state index is 0.00131. The van der Waals surface area contributed by atoms with Crippen LogP contribution in [-0.2, 0) is 16.1 Å². The van der Waals surface area contributed by atoms with Crippen LogP contribution in [0.15, 0.2) is 48.5 Å². The van der Waals surface area contributed by atoms with Crippen LogP contribution in [-0.4, -0.2) is 24.2 Å². The number of nitrogens with one attached hydrogen (secondary N) is 1. The van der Waals surface area contributed by atoms with E-state index >= 15 is 0 Å². The van der Waals surface area contributed by atoms with Crippen molar-refractivity contribution in [2.45, 2.75) is 32.9 Å². The van der Waals surface area contributed by atoms with Crippen LogP contribution in [0, 0.1) is 0 Å². The third kappa shape index (κ3) is 4.33. The van der Waals surface area contributed by atoms with E-state index in [9.17, 15) is 9.59 Å². The molecule has 2 amide bonds. The van der Waals surface area contributed by atoms with Gasteiger partial charge in [-0.1, -0.05) is 30.3 Å². The summed E-state index contributed by atoms with van der Waals surface area (Å²) in [6.45, 7) is 5.83. The number of fused-ring (bicyclic) bond motifs is 1. The first-order valence-electron chi connectivity index (χ1n) is 8.43. The molecule has 6 nitrogen and oxygen atoms in total. The standard InChI is InChI=1S/C20H22N2O4/c1-20(2,3)26-19(24)21-15-9-10-17-16(11-15)22(18(23)13-25-17)12-14-7-5-4-6-8-14/h4-11H,12-13H2,1-3H3,(H,21,24). The SMILES string of the molecule is CC(C)(C)OC(=O)Nc1ccc2c(c1)N(Cc1ccccc1)C(=O)CO2. The van der Waals surface area contributed by atoms with Gasteiger partial charge < -0.3 is 14.4 Å². The van der Waals surface area contributed by atoms with Crippen molar-refractivity contribution in [2.24, 2.45) is 0 Å². The Morgan fingerprint density at radius 2 is 1.92 bits per heavy atom. The van der Waals surface area contributed by atoms with E-state index in [0.29, 0.717) is 23.7 Å². The largest absolute Gasteiger partial charge is 0.482 e. The fraction of sp³-hybridized carbons (Fsp3) is 0.300. The first kappa shape index (κ1) is 17.8. The van der Waals surface area contributed by atoms with Crippen LogP contribution in [0.2, 0.25) is 0 Å². The normalized spacial score (nSPS) is 13.7. The molecule has 0 atom stereocenters. The van der Waals surface area contributed by atoms with Crippen molar-refractivity contribution < 1.29 is 19.1 Å². The summed E-state index contributed by atoms with van der Waals surface area (Å²) in [4.78, 5) is 26.0. The van der Waals surface area contributed by atoms with Crippen molar-refractivity contribution in [3.63, 3.8) is 0 Å². The zero-order valence-corrected chi connectivity index (χ0v) is 15.1. The number of rotatable bonds is 3. The number of nitrogens with zero attached hydrogens (tertiary/aromatic N) is 1. The van der Waals surface area contributed by atoms with E-state index in [0.717, 1.165) is 5.56 Å². The fourth-order valence-corrected chi connectivity index (χ4v) is 2.64. The quantitative estimate of drug-likeness (QED) is 0.906. The Hall–Kier alpha value is -3.02. The molecule has 2 aromatic carbocycles. The predicted molar refractivity (Wildman–Crippen MR) is 99.4 cm³/mol. The van der Waals surface area contributed by atoms with E-state index in [1.165, 1.54) is 0 Å². The zero-order valence-electron chi connectivity index (χ0n) is 15.1. The molecule has 3 rings (SSSR count). The molecule has 0 radical (unpaired) electrons. The lowest BCUT2D eigenvalue weighted by Crippen LogP contribution is -2.38. The van der Waals surface area contributed by atoms with E-state index in [1.54, 1.807) is 43.9 Å². The summed E-state index contributed by atoms with van der Waals surface area (Å²) in [5.41, 5.74) is 1.59. The maximum absolute atomic E-state index is 12.4. The molecule has 6 heteroatoms. The van der Waals surface area contributed by atoms with E-state index in [2.05, 4.69) is 5.32 Å². The van der Waals surface area contributed by atoms with Crippen molar-refractivity contribution in [3.05, 3.63) is 54.1 Å². The summed E-state index contributed by atoms with van der Waals surface area (Å²) in [6, 6.07) is 14.9. The number of ether oxygens (including phenoxy) is 2. The van der Waals surface area contributed by atoms with Gasteiger partial charge >= 0.3 is 6.09 Å². The highest BCUT2D eigenvalue weighted by atomic mass is 16.6. The van der Waals surface area contributed by atoms with Gasteiger partial charge in [-0.3, -0.25) is 10.1 Å². The van der Waals surface area contributed by atoms with Crippen LogP contribution in [0.1, 0.15) is 26.3 Å². The smallest absolute Gasteiger partial charge is 0.412 e. The molecule has 26 heavy (non-hydrogen) atoms. The summed E-state index contributed by atoms with van der Waals surface area (Å²) in [5.74, 6) is 0.478. The summed E-state index contributed by atoms with van der Waals surface area (Å²) in [7, 11) is 0. The van der Waals surface area contributed by atoms with Gasteiger partial charge in [0, 0.05) is 5.69 Å². The third-order valence-electron chi connectivity index (χ3n) is 3.73. The van der Waals surface area contributed by atoms with Crippen LogP contribution < -0.4 is 15.0 Å². The highest BCUT2D eigenvalue weighted by Gasteiger charge is 2.26. The van der Waals surface area contributed by atoms with Gasteiger partial charge in [0.25, 0.3) is 5.91 Å². The van der Waals surface area contributed by atoms with Crippen LogP contribution in [0.5, 0.6) is 5.75 Å². The Bertz CT molecular complexity index is 812. The Morgan fingerprint density at radius 3 is 2.62 bits per heavy atom. The van der Waals surface area contributed by atoms with Gasteiger partial charge in [0.2, 0.25) is 0 Å². The average molecular weight is 354 g/mol. The lowest BCUT2D eigenvalue weighted by Gasteiger charge is -2.30. The first-order valence-corrected chi connectivity index (χ1v) is 8.43. The molecule has 0 saturated heterocycles. The monoisotopic (exact) mass is 354 g/mol. The molecule has 0 saturated carbocycles. The maximum Gasteiger partial charge on any atom is 0.412 e. The lowest BCUT2D eigenvalue weighted by atomic mass is 10.1. The Morgan fingerprint density at radius 1 is 1.19 bits per heavy atom. The van der Waals surface area contributed by atoms with E-state index in [1.807, 2.05) is 30.3 Å². The number of carbonyl (C=O) groups excluding carboxylic acids is 2. The highest BCUT2D eigenvalue weighted by Crippen LogP contribution is 2.35. The molecule has 0 unspecified atom stereocenters. The lowest BCUT2D eigenvalue weighted by molar-refractivity contribution is -0.121. The van der Waals surface area contributed by atoms with Crippen LogP contribution >= 0.6 is 0 Å². The Balaban J connectivity index is 1.83. The molecule has 0 aromatic heterocycles. The first-order chi connectivity index (χ1) is 12.3. The molecule has 1 aliphatic heterocycles. The number of hydrogen-bond acceptors (Lipinski definition) is 4. The summed E-state index contributed by atoms with van der Waals surface area (Å²) in [5, 5.41) is 2.69. The topological polar surface area (TPSA) is 67.9 Å². The number of benzene rings is 2. The fourth-order valence-electron chi connectivity index (χ4n) is 2.64. The molecular weight excluding hydrogens is 332 g/mol. The van der Waals surface area contributed by atoms with Gasteiger partial charge in [-0.25, -0.2) is 4.79 Å². The second kappa shape index (κ2) is 7.07. The predicted octanol–water partition coefficient (Wildman–Crippen LogP) is 3.96. The van der Waals surface area contributed by atoms with Gasteiger partial charge in [-0.2, -0.15) is 0 Å². The average Bonchev–Trinajstić information content (AvgIpc) is 2.57. The summed E-state index contributed by atoms with van der Waals surface area (Å²) in [6.07, 6.45) is -0.546. The van der Waals surface area contributed by atoms with Crippen molar-refractivity contribution in [1.82, 2.24) is 0 Å². The molecule has 1 heterocycles. The number of anilines is 2. The number of hydrogen-bond donors (Lipinski definition) is 1. The molecule has 0 aliphatic carbocycles. The molecule has 136 valence electrons. The van der Waals surface area contributed by atoms with Crippen LogP contribution in [0.25, 0.3) is 0 Å². The van der Waals surface area contributed by atoms with E-state index in [-0.39, 0.29) is 12.5 Å². The van der Waals surface area contributed by atoms with Crippen molar-refractivity contribution in [3.8, 4) is 5.75 Å². The number of carbonyl (C=O) groups is 2. The van der Waals surface area contributed by atoms with Crippen molar-refractivity contribution >= 4 is 23.4 Å². The van der Waals surface area contributed by atoms with Gasteiger partial charge in [0.05, 0.1) is 12.2 Å². The molecule has 2 aromatic rings. The molecular formula is C20H22N2O4. The molecule has 0 spiro atoms. The third-order valence-corrected chi connectivity index (χ3v) is 3.73. The van der Waals surface area contributed by atoms with Crippen molar-refractivity contribution in [1.29, 1.82) is 0 Å². The van der Waals surface area contributed by atoms with Gasteiger partial charge in [0.15, 0.2) is 6.61 Å². The van der Waals surface area contributed by atoms with Crippen molar-refractivity contribution in [2.75, 3.05) is 16.8 Å². The molecule has 0 fully saturated rings. The second-order valence-electron chi connectivity index (χ2n) is 7.06. The minimum Gasteiger partial charge on any atom is -0.482 e. The second-order valence-corrected chi connectivity index (χ2v) is 7.06. The molecule has 0 bridgehead atoms. The van der Waals surface area contributed by atoms with Crippen LogP contribution in [0.4, 0.5) is 16.2 Å². The van der Waals surface area contributed by atoms with E-state index < -0.39 is 11.7 Å². The highest BCUT2D eigenvalue weighted by molar-refractivity contribution is 5.99. The Labute approximate surface area is 152 Å².